The highest BCUT2D eigenvalue weighted by atomic mass is 127. The van der Waals surface area contributed by atoms with Crippen LogP contribution in [0.25, 0.3) is 0 Å². The lowest BCUT2D eigenvalue weighted by atomic mass is 10.8. The van der Waals surface area contributed by atoms with E-state index in [-0.39, 0.29) is 24.0 Å². The minimum Gasteiger partial charge on any atom is -1.00 e. The molecule has 1 aliphatic heterocycles. The zero-order chi connectivity index (χ0) is 3.54. The van der Waals surface area contributed by atoms with E-state index in [1.807, 2.05) is 10.8 Å². The minimum atomic E-state index is 0. The van der Waals surface area contributed by atoms with Gasteiger partial charge in [0.2, 0.25) is 0 Å². The van der Waals surface area contributed by atoms with Crippen molar-refractivity contribution in [3.05, 3.63) is 11.5 Å². The van der Waals surface area contributed by atoms with Crippen molar-refractivity contribution in [3.63, 3.8) is 0 Å². The number of thiol groups is 1. The summed E-state index contributed by atoms with van der Waals surface area (Å²) in [6.45, 7) is 0. The van der Waals surface area contributed by atoms with Gasteiger partial charge in [0.25, 0.3) is 0 Å². The number of hydrogen-bond donors (Lipinski definition) is 0. The van der Waals surface area contributed by atoms with Gasteiger partial charge in [-0.1, -0.05) is 0 Å². The molecule has 0 bridgehead atoms. The molecule has 1 rings (SSSR count). The number of hydrogen-bond acceptors (Lipinski definition) is 1. The van der Waals surface area contributed by atoms with E-state index in [0.29, 0.717) is 0 Å². The van der Waals surface area contributed by atoms with Gasteiger partial charge in [-0.15, -0.1) is 0 Å². The molecular formula is C3H5IS2. The lowest BCUT2D eigenvalue weighted by Crippen LogP contribution is -3.00. The Balaban J connectivity index is 0.000000250. The van der Waals surface area contributed by atoms with E-state index in [2.05, 4.69) is 11.5 Å². The summed E-state index contributed by atoms with van der Waals surface area (Å²) in [6.07, 6.45) is 2.19. The Hall–Kier alpha value is 1.17. The third kappa shape index (κ3) is 2.36. The first-order valence-corrected chi connectivity index (χ1v) is 4.04. The van der Waals surface area contributed by atoms with Gasteiger partial charge in [0.15, 0.2) is 0 Å². The monoisotopic (exact) mass is 232 g/mol. The smallest absolute Gasteiger partial charge is 0.137 e. The molecule has 3 heteroatoms. The molecular weight excluding hydrogens is 227 g/mol. The molecule has 36 valence electrons. The predicted octanol–water partition coefficient (Wildman–Crippen LogP) is -2.02. The summed E-state index contributed by atoms with van der Waals surface area (Å²) in [5.74, 6) is 1.25. The third-order valence-corrected chi connectivity index (χ3v) is 2.49. The quantitative estimate of drug-likeness (QED) is 0.201. The first kappa shape index (κ1) is 7.17. The zero-order valence-electron chi connectivity index (χ0n) is 3.10. The van der Waals surface area contributed by atoms with Gasteiger partial charge >= 0.3 is 0 Å². The molecule has 0 N–H and O–H groups in total. The summed E-state index contributed by atoms with van der Waals surface area (Å²) in [5, 5.41) is 2.14. The maximum absolute atomic E-state index is 2.19. The van der Waals surface area contributed by atoms with Gasteiger partial charge in [0.05, 0.1) is 10.8 Å². The maximum atomic E-state index is 2.19. The Morgan fingerprint density at radius 1 is 1.67 bits per heavy atom. The summed E-state index contributed by atoms with van der Waals surface area (Å²) in [4.78, 5) is 0. The molecule has 0 aromatic carbocycles. The predicted molar refractivity (Wildman–Crippen MR) is 30.4 cm³/mol. The van der Waals surface area contributed by atoms with Gasteiger partial charge in [-0.2, -0.15) is 0 Å². The molecule has 6 heavy (non-hydrogen) atoms. The molecule has 0 unspecified atom stereocenters. The molecule has 0 atom stereocenters. The fourth-order valence-electron chi connectivity index (χ4n) is 0.215. The lowest BCUT2D eigenvalue weighted by Gasteiger charge is -1.56. The van der Waals surface area contributed by atoms with Gasteiger partial charge in [-0.3, -0.25) is 0 Å². The van der Waals surface area contributed by atoms with Crippen LogP contribution in [0.15, 0.2) is 11.5 Å². The Morgan fingerprint density at radius 3 is 2.67 bits per heavy atom. The van der Waals surface area contributed by atoms with Crippen molar-refractivity contribution in [2.24, 2.45) is 0 Å². The molecule has 0 fully saturated rings. The highest BCUT2D eigenvalue weighted by molar-refractivity contribution is 8.68. The lowest BCUT2D eigenvalue weighted by molar-refractivity contribution is -0.000000838. The highest BCUT2D eigenvalue weighted by Gasteiger charge is 1.97. The Bertz CT molecular complexity index is 46.8. The van der Waals surface area contributed by atoms with Crippen LogP contribution in [0.1, 0.15) is 0 Å². The van der Waals surface area contributed by atoms with Gasteiger partial charge in [0.1, 0.15) is 16.5 Å². The SMILES string of the molecule is C1=CS[SH+]C1.[I-]. The Labute approximate surface area is 62.6 Å². The zero-order valence-corrected chi connectivity index (χ0v) is 6.96. The topological polar surface area (TPSA) is 0 Å². The van der Waals surface area contributed by atoms with Crippen molar-refractivity contribution in [2.75, 3.05) is 5.75 Å². The van der Waals surface area contributed by atoms with E-state index in [4.69, 9.17) is 0 Å². The molecule has 0 saturated carbocycles. The second-order valence-corrected chi connectivity index (χ2v) is 3.30. The van der Waals surface area contributed by atoms with Crippen LogP contribution in [0.2, 0.25) is 0 Å². The standard InChI is InChI=1S/C3H4S2.HI/c1-2-4-5-3-1;/h1-2H,3H2;1H. The van der Waals surface area contributed by atoms with Crippen molar-refractivity contribution in [3.8, 4) is 0 Å². The molecule has 1 heterocycles. The van der Waals surface area contributed by atoms with Gasteiger partial charge in [-0.25, -0.2) is 0 Å². The molecule has 0 saturated heterocycles. The van der Waals surface area contributed by atoms with Crippen molar-refractivity contribution in [1.29, 1.82) is 0 Å². The third-order valence-electron chi connectivity index (χ3n) is 0.412. The summed E-state index contributed by atoms with van der Waals surface area (Å²) >= 11 is 0. The maximum Gasteiger partial charge on any atom is 0.137 e. The highest BCUT2D eigenvalue weighted by Crippen LogP contribution is 2.10. The summed E-state index contributed by atoms with van der Waals surface area (Å²) in [5.41, 5.74) is 0. The largest absolute Gasteiger partial charge is 1.00 e. The number of halogens is 1. The second-order valence-electron chi connectivity index (χ2n) is 0.789. The average Bonchev–Trinajstić information content (AvgIpc) is 1.76. The van der Waals surface area contributed by atoms with E-state index < -0.39 is 0 Å². The van der Waals surface area contributed by atoms with Crippen molar-refractivity contribution < 1.29 is 24.0 Å². The molecule has 0 spiro atoms. The van der Waals surface area contributed by atoms with Crippen molar-refractivity contribution in [1.82, 2.24) is 0 Å². The van der Waals surface area contributed by atoms with Crippen LogP contribution in [0.4, 0.5) is 0 Å². The van der Waals surface area contributed by atoms with Crippen molar-refractivity contribution in [2.45, 2.75) is 0 Å². The van der Waals surface area contributed by atoms with Crippen LogP contribution in [0.3, 0.4) is 0 Å². The summed E-state index contributed by atoms with van der Waals surface area (Å²) in [7, 11) is 3.36. The van der Waals surface area contributed by atoms with E-state index >= 15 is 0 Å². The van der Waals surface area contributed by atoms with Crippen LogP contribution in [0.5, 0.6) is 0 Å². The first-order valence-electron chi connectivity index (χ1n) is 1.48. The molecule has 0 aliphatic carbocycles. The summed E-state index contributed by atoms with van der Waals surface area (Å²) < 4.78 is 0. The van der Waals surface area contributed by atoms with Crippen LogP contribution >= 0.6 is 10.8 Å². The summed E-state index contributed by atoms with van der Waals surface area (Å²) in [6, 6.07) is 0. The first-order chi connectivity index (χ1) is 2.50. The van der Waals surface area contributed by atoms with E-state index in [1.54, 1.807) is 0 Å². The van der Waals surface area contributed by atoms with Gasteiger partial charge in [0, 0.05) is 5.41 Å². The van der Waals surface area contributed by atoms with Crippen molar-refractivity contribution >= 4 is 21.6 Å². The van der Waals surface area contributed by atoms with Crippen LogP contribution in [0, 0.1) is 0 Å². The Morgan fingerprint density at radius 2 is 2.50 bits per heavy atom. The molecule has 0 aromatic rings. The fraction of sp³-hybridized carbons (Fsp3) is 0.333. The van der Waals surface area contributed by atoms with Crippen LogP contribution in [-0.2, 0) is 10.8 Å². The minimum absolute atomic E-state index is 0. The molecule has 0 radical (unpaired) electrons. The van der Waals surface area contributed by atoms with Crippen LogP contribution in [-0.4, -0.2) is 5.75 Å². The number of rotatable bonds is 0. The van der Waals surface area contributed by atoms with E-state index in [1.165, 1.54) is 16.5 Å². The van der Waals surface area contributed by atoms with E-state index in [0.717, 1.165) is 0 Å². The molecule has 0 amide bonds. The molecule has 1 aliphatic rings. The fourth-order valence-corrected chi connectivity index (χ4v) is 1.94. The van der Waals surface area contributed by atoms with Crippen LogP contribution < -0.4 is 24.0 Å². The van der Waals surface area contributed by atoms with E-state index in [9.17, 15) is 0 Å². The van der Waals surface area contributed by atoms with Gasteiger partial charge in [-0.05, 0) is 6.08 Å². The Kier molecular flexibility index (Phi) is 5.18. The average molecular weight is 232 g/mol. The molecule has 0 aromatic heterocycles. The normalized spacial score (nSPS) is 17.3. The second kappa shape index (κ2) is 4.33. The van der Waals surface area contributed by atoms with Gasteiger partial charge < -0.3 is 24.0 Å². The molecule has 0 nitrogen and oxygen atoms in total.